The monoisotopic (exact) mass is 2460 g/mol. The summed E-state index contributed by atoms with van der Waals surface area (Å²) in [6.45, 7) is 3.53. The first kappa shape index (κ1) is 88.6. The number of pyridine rings is 12. The minimum absolute atomic E-state index is 0. The third-order valence-electron chi connectivity index (χ3n) is 20.3. The van der Waals surface area contributed by atoms with Gasteiger partial charge in [0.2, 0.25) is 22.9 Å². The second-order valence-electron chi connectivity index (χ2n) is 29.4. The van der Waals surface area contributed by atoms with Crippen LogP contribution in [0.25, 0.3) is 178 Å². The van der Waals surface area contributed by atoms with Crippen LogP contribution >= 0.6 is 0 Å². The Morgan fingerprint density at radius 3 is 0.754 bits per heavy atom. The molecule has 0 aliphatic carbocycles. The van der Waals surface area contributed by atoms with Crippen molar-refractivity contribution in [2.24, 2.45) is 0 Å². The first-order valence-electron chi connectivity index (χ1n) is 44.5. The number of nitrogens with zero attached hydrogens (tertiary/aromatic N) is 12. The number of hydrogen-bond acceptors (Lipinski definition) is 16. The molecule has 0 atom stereocenters. The van der Waals surface area contributed by atoms with E-state index in [2.05, 4.69) is 127 Å². The SMILES string of the molecule is Cc1ccc(-c2[c-]cccc2)nc1.Cc1ccc(-c2[c-]cccc2)nc1.Cc1ccc(-c2[c-]cccc2)nc1.Cc1ccc2c(n1)oc1c(-c3ccccn3)[c-]ccc12.[2H]C([2H])([2H])c1ccc2c(n1)oc1c(-c3ccccn3)[c-]ccc12.[2H]C([2H])([2H])c1ccc2c(n1)oc1c(-c3ccccn3)[c-]ccc12.[Ir].[Ir].[Ir].[Ir].[c-]1ccc2c(oc3ncccc32)c1-c1ccccn1.[c-]1ccccc1-c1ccccn1. The Kier molecular flexibility index (Phi) is 31.4. The molecule has 8 aromatic carbocycles. The van der Waals surface area contributed by atoms with Crippen LogP contribution in [0.1, 0.15) is 42.0 Å². The largest absolute Gasteiger partial charge is 0.486 e. The van der Waals surface area contributed by atoms with Crippen LogP contribution in [-0.2, 0) is 80.4 Å². The van der Waals surface area contributed by atoms with Crippen molar-refractivity contribution in [2.75, 3.05) is 0 Å². The molecule has 0 aliphatic rings. The van der Waals surface area contributed by atoms with Gasteiger partial charge in [0, 0.05) is 183 Å². The Hall–Kier alpha value is -14.6. The predicted octanol–water partition coefficient (Wildman–Crippen LogP) is 27.4. The second-order valence-corrected chi connectivity index (χ2v) is 29.4. The maximum Gasteiger partial charge on any atom is 0.216 e. The molecule has 0 N–H and O–H groups in total. The quantitative estimate of drug-likeness (QED) is 0.130. The van der Waals surface area contributed by atoms with E-state index in [9.17, 15) is 0 Å². The second kappa shape index (κ2) is 47.4. The van der Waals surface area contributed by atoms with Crippen molar-refractivity contribution in [1.82, 2.24) is 59.8 Å². The zero-order valence-electron chi connectivity index (χ0n) is 78.1. The van der Waals surface area contributed by atoms with E-state index in [0.29, 0.717) is 34.0 Å². The molecular formula is C114H80Ir4N12O4-8. The van der Waals surface area contributed by atoms with Crippen LogP contribution in [0.2, 0.25) is 0 Å². The van der Waals surface area contributed by atoms with Crippen molar-refractivity contribution in [3.05, 3.63) is 460 Å². The van der Waals surface area contributed by atoms with Crippen molar-refractivity contribution in [3.8, 4) is 90.1 Å². The summed E-state index contributed by atoms with van der Waals surface area (Å²) in [7, 11) is 0. The molecule has 0 aliphatic heterocycles. The molecule has 16 heterocycles. The summed E-state index contributed by atoms with van der Waals surface area (Å²) in [6.07, 6.45) is 16.1. The van der Waals surface area contributed by atoms with Gasteiger partial charge in [0.25, 0.3) is 0 Å². The van der Waals surface area contributed by atoms with Gasteiger partial charge in [0.05, 0.1) is 22.3 Å². The Morgan fingerprint density at radius 1 is 0.209 bits per heavy atom. The van der Waals surface area contributed by atoms with Crippen molar-refractivity contribution in [3.63, 3.8) is 0 Å². The summed E-state index contributed by atoms with van der Waals surface area (Å²) in [4.78, 5) is 51.6. The Balaban J connectivity index is 0.000000136. The number of rotatable bonds is 8. The van der Waals surface area contributed by atoms with Crippen LogP contribution in [-0.4, -0.2) is 59.8 Å². The minimum Gasteiger partial charge on any atom is -0.486 e. The third-order valence-corrected chi connectivity index (χ3v) is 20.3. The van der Waals surface area contributed by atoms with Gasteiger partial charge in [-0.05, 0) is 183 Å². The molecular weight excluding hydrogens is 2370 g/mol. The van der Waals surface area contributed by atoms with Gasteiger partial charge < -0.3 is 57.5 Å². The van der Waals surface area contributed by atoms with E-state index in [-0.39, 0.29) is 91.8 Å². The molecule has 4 radical (unpaired) electrons. The number of hydrogen-bond donors (Lipinski definition) is 0. The van der Waals surface area contributed by atoms with Gasteiger partial charge in [-0.2, -0.15) is 0 Å². The van der Waals surface area contributed by atoms with E-state index in [4.69, 9.17) is 25.9 Å². The van der Waals surface area contributed by atoms with Crippen LogP contribution in [0, 0.1) is 89.9 Å². The van der Waals surface area contributed by atoms with Gasteiger partial charge in [0.15, 0.2) is 0 Å². The van der Waals surface area contributed by atoms with E-state index >= 15 is 0 Å². The van der Waals surface area contributed by atoms with Crippen molar-refractivity contribution >= 4 is 88.3 Å². The van der Waals surface area contributed by atoms with Gasteiger partial charge in [-0.1, -0.05) is 141 Å². The number of benzene rings is 8. The summed E-state index contributed by atoms with van der Waals surface area (Å²) in [6, 6.07) is 127. The molecule has 134 heavy (non-hydrogen) atoms. The van der Waals surface area contributed by atoms with Crippen LogP contribution in [0.3, 0.4) is 0 Å². The fraction of sp³-hybridized carbons (Fsp3) is 0.0526. The van der Waals surface area contributed by atoms with Crippen molar-refractivity contribution in [1.29, 1.82) is 0 Å². The van der Waals surface area contributed by atoms with Gasteiger partial charge >= 0.3 is 0 Å². The standard InChI is InChI=1S/3C17H11N2O.C16H9N2O.3C12H10N.C11H8N.4Ir/c3*1-11-8-9-13-12-5-4-6-14(15-7-2-3-10-18-15)16(12)20-17(13)19-11;1-2-9-17-14(8-1)13-6-3-5-11-12-7-4-10-18-16(12)19-15(11)13;3*1-10-7-8-12(13-9-10)11-5-3-2-4-6-11;1-2-6-10(7-3-1)11-8-4-5-9-12-11;;;;/h3*2-5,7-10H,1H3;1-5,7-10H;3*2-5,7-9H,1H3;1-6,8-9H;;;;/q8*-1;;;;/i2*1D3;;;;;;;;;;. The molecule has 16 aromatic heterocycles. The summed E-state index contributed by atoms with van der Waals surface area (Å²) in [5.74, 6) is 0. The fourth-order valence-electron chi connectivity index (χ4n) is 14.0. The first-order chi connectivity index (χ1) is 66.4. The first-order valence-corrected chi connectivity index (χ1v) is 41.5. The molecule has 24 rings (SSSR count). The zero-order chi connectivity index (χ0) is 93.8. The summed E-state index contributed by atoms with van der Waals surface area (Å²) < 4.78 is 68.3. The van der Waals surface area contributed by atoms with Crippen molar-refractivity contribution < 1.29 is 106 Å². The molecule has 0 saturated heterocycles. The van der Waals surface area contributed by atoms with E-state index in [1.807, 2.05) is 313 Å². The van der Waals surface area contributed by atoms with E-state index < -0.39 is 13.7 Å². The number of aryl methyl sites for hydroxylation is 6. The summed E-state index contributed by atoms with van der Waals surface area (Å²) >= 11 is 0. The number of fused-ring (bicyclic) bond motifs is 12. The molecule has 24 aromatic rings. The number of furan rings is 4. The normalized spacial score (nSPS) is 11.2. The predicted molar refractivity (Wildman–Crippen MR) is 517 cm³/mol. The van der Waals surface area contributed by atoms with Crippen LogP contribution in [0.4, 0.5) is 0 Å². The Labute approximate surface area is 838 Å². The molecule has 0 amide bonds. The number of aromatic nitrogens is 12. The maximum atomic E-state index is 7.47. The van der Waals surface area contributed by atoms with Gasteiger partial charge in [-0.25, -0.2) is 19.9 Å². The molecule has 0 unspecified atom stereocenters. The third kappa shape index (κ3) is 24.0. The molecule has 16 nitrogen and oxygen atoms in total. The molecule has 664 valence electrons. The average Bonchev–Trinajstić information content (AvgIpc) is 1.64. The fourth-order valence-corrected chi connectivity index (χ4v) is 14.0. The van der Waals surface area contributed by atoms with E-state index in [1.165, 1.54) is 28.8 Å². The van der Waals surface area contributed by atoms with Crippen LogP contribution in [0.15, 0.2) is 395 Å². The zero-order valence-corrected chi connectivity index (χ0v) is 81.7. The molecule has 0 fully saturated rings. The molecule has 0 spiro atoms. The average molecular weight is 2460 g/mol. The van der Waals surface area contributed by atoms with Crippen LogP contribution in [0.5, 0.6) is 0 Å². The Bertz CT molecular complexity index is 7690. The smallest absolute Gasteiger partial charge is 0.216 e. The minimum atomic E-state index is -2.26. The summed E-state index contributed by atoms with van der Waals surface area (Å²) in [5, 5.41) is 7.42. The molecule has 0 saturated carbocycles. The van der Waals surface area contributed by atoms with Crippen molar-refractivity contribution in [2.45, 2.75) is 41.4 Å². The topological polar surface area (TPSA) is 207 Å². The van der Waals surface area contributed by atoms with Crippen LogP contribution < -0.4 is 0 Å². The van der Waals surface area contributed by atoms with E-state index in [1.54, 1.807) is 61.4 Å². The maximum absolute atomic E-state index is 7.47. The summed E-state index contributed by atoms with van der Waals surface area (Å²) in [5.41, 5.74) is 23.7. The van der Waals surface area contributed by atoms with E-state index in [0.717, 1.165) is 150 Å². The van der Waals surface area contributed by atoms with Gasteiger partial charge in [0.1, 0.15) is 0 Å². The Morgan fingerprint density at radius 2 is 0.478 bits per heavy atom. The van der Waals surface area contributed by atoms with Gasteiger partial charge in [-0.15, -0.1) is 216 Å². The molecule has 0 bridgehead atoms. The van der Waals surface area contributed by atoms with Gasteiger partial charge in [-0.3, -0.25) is 0 Å². The molecule has 20 heteroatoms.